The number of hydrogen-bond acceptors (Lipinski definition) is 5. The highest BCUT2D eigenvalue weighted by Gasteiger charge is 2.35. The quantitative estimate of drug-likeness (QED) is 0.737. The van der Waals surface area contributed by atoms with Crippen LogP contribution in [0.4, 0.5) is 0 Å². The minimum atomic E-state index is 0. The molecule has 0 atom stereocenters. The maximum atomic E-state index is 5.53. The van der Waals surface area contributed by atoms with E-state index in [4.69, 9.17) is 18.9 Å². The number of methoxy groups -OCH3 is 2. The maximum Gasteiger partial charge on any atom is 0.231 e. The standard InChI is InChI=1S/C22H27NO4.ClH/c1-24-18-8-6-17(12-20(18)25-2)22(9-3-4-10-22)14-23-13-16-5-7-19-21(11-16)27-15-26-19;/h5-8,11-12,23H,3-4,9-10,13-15H2,1-2H3;1H. The molecule has 0 amide bonds. The molecule has 0 radical (unpaired) electrons. The van der Waals surface area contributed by atoms with Crippen molar-refractivity contribution in [1.29, 1.82) is 0 Å². The van der Waals surface area contributed by atoms with Crippen molar-refractivity contribution in [1.82, 2.24) is 5.32 Å². The molecule has 1 aliphatic carbocycles. The van der Waals surface area contributed by atoms with Gasteiger partial charge in [0.2, 0.25) is 6.79 Å². The summed E-state index contributed by atoms with van der Waals surface area (Å²) in [6, 6.07) is 12.5. The van der Waals surface area contributed by atoms with E-state index in [1.165, 1.54) is 36.8 Å². The number of halogens is 1. The molecule has 0 spiro atoms. The Bertz CT molecular complexity index is 805. The van der Waals surface area contributed by atoms with Crippen molar-refractivity contribution in [3.8, 4) is 23.0 Å². The van der Waals surface area contributed by atoms with Crippen LogP contribution < -0.4 is 24.3 Å². The largest absolute Gasteiger partial charge is 0.493 e. The lowest BCUT2D eigenvalue weighted by molar-refractivity contribution is 0.174. The summed E-state index contributed by atoms with van der Waals surface area (Å²) in [5, 5.41) is 3.67. The van der Waals surface area contributed by atoms with Crippen molar-refractivity contribution >= 4 is 12.4 Å². The van der Waals surface area contributed by atoms with Crippen LogP contribution in [-0.4, -0.2) is 27.6 Å². The van der Waals surface area contributed by atoms with Crippen LogP contribution in [0.2, 0.25) is 0 Å². The smallest absolute Gasteiger partial charge is 0.231 e. The fraction of sp³-hybridized carbons (Fsp3) is 0.455. The molecule has 0 unspecified atom stereocenters. The second-order valence-electron chi connectivity index (χ2n) is 7.35. The second kappa shape index (κ2) is 8.93. The zero-order valence-corrected chi connectivity index (χ0v) is 17.3. The molecule has 28 heavy (non-hydrogen) atoms. The Morgan fingerprint density at radius 2 is 1.68 bits per heavy atom. The van der Waals surface area contributed by atoms with Crippen LogP contribution in [0.1, 0.15) is 36.8 Å². The van der Waals surface area contributed by atoms with Crippen molar-refractivity contribution in [2.75, 3.05) is 27.6 Å². The highest BCUT2D eigenvalue weighted by atomic mass is 35.5. The fourth-order valence-electron chi connectivity index (χ4n) is 4.28. The molecule has 2 aliphatic rings. The topological polar surface area (TPSA) is 49.0 Å². The van der Waals surface area contributed by atoms with Crippen molar-refractivity contribution in [3.63, 3.8) is 0 Å². The molecule has 5 nitrogen and oxygen atoms in total. The van der Waals surface area contributed by atoms with Gasteiger partial charge < -0.3 is 24.3 Å². The number of nitrogens with one attached hydrogen (secondary N) is 1. The second-order valence-corrected chi connectivity index (χ2v) is 7.35. The van der Waals surface area contributed by atoms with Gasteiger partial charge in [0.05, 0.1) is 14.2 Å². The molecule has 2 aromatic carbocycles. The van der Waals surface area contributed by atoms with Crippen LogP contribution in [-0.2, 0) is 12.0 Å². The van der Waals surface area contributed by atoms with Crippen LogP contribution in [0.25, 0.3) is 0 Å². The number of fused-ring (bicyclic) bond motifs is 1. The monoisotopic (exact) mass is 405 g/mol. The summed E-state index contributed by atoms with van der Waals surface area (Å²) < 4.78 is 21.8. The highest BCUT2D eigenvalue weighted by Crippen LogP contribution is 2.43. The Hall–Kier alpha value is -2.11. The molecule has 1 heterocycles. The molecule has 152 valence electrons. The first-order chi connectivity index (χ1) is 13.2. The molecule has 1 saturated carbocycles. The molecular weight excluding hydrogens is 378 g/mol. The summed E-state index contributed by atoms with van der Waals surface area (Å²) >= 11 is 0. The maximum absolute atomic E-state index is 5.53. The van der Waals surface area contributed by atoms with Gasteiger partial charge in [-0.2, -0.15) is 0 Å². The number of hydrogen-bond donors (Lipinski definition) is 1. The van der Waals surface area contributed by atoms with Crippen LogP contribution in [0.3, 0.4) is 0 Å². The zero-order valence-electron chi connectivity index (χ0n) is 16.5. The molecule has 1 N–H and O–H groups in total. The van der Waals surface area contributed by atoms with E-state index in [-0.39, 0.29) is 17.8 Å². The summed E-state index contributed by atoms with van der Waals surface area (Å²) in [5.41, 5.74) is 2.69. The van der Waals surface area contributed by atoms with Gasteiger partial charge in [-0.3, -0.25) is 0 Å². The molecule has 4 rings (SSSR count). The third-order valence-electron chi connectivity index (χ3n) is 5.79. The molecular formula is C22H28ClNO4. The van der Waals surface area contributed by atoms with Gasteiger partial charge in [0, 0.05) is 18.5 Å². The molecule has 1 fully saturated rings. The summed E-state index contributed by atoms with van der Waals surface area (Å²) in [7, 11) is 3.37. The van der Waals surface area contributed by atoms with Gasteiger partial charge in [-0.1, -0.05) is 25.0 Å². The zero-order chi connectivity index (χ0) is 18.7. The first-order valence-corrected chi connectivity index (χ1v) is 9.56. The Kier molecular flexibility index (Phi) is 6.57. The summed E-state index contributed by atoms with van der Waals surface area (Å²) in [4.78, 5) is 0. The minimum Gasteiger partial charge on any atom is -0.493 e. The average Bonchev–Trinajstić information content (AvgIpc) is 3.37. The van der Waals surface area contributed by atoms with Gasteiger partial charge in [-0.25, -0.2) is 0 Å². The molecule has 0 saturated heterocycles. The molecule has 6 heteroatoms. The Morgan fingerprint density at radius 1 is 0.929 bits per heavy atom. The first-order valence-electron chi connectivity index (χ1n) is 9.56. The predicted molar refractivity (Wildman–Crippen MR) is 111 cm³/mol. The van der Waals surface area contributed by atoms with Crippen LogP contribution in [0.5, 0.6) is 23.0 Å². The third kappa shape index (κ3) is 4.01. The van der Waals surface area contributed by atoms with E-state index in [0.717, 1.165) is 36.1 Å². The van der Waals surface area contributed by atoms with Crippen LogP contribution in [0.15, 0.2) is 36.4 Å². The summed E-state index contributed by atoms with van der Waals surface area (Å²) in [6.07, 6.45) is 4.91. The normalized spacial score (nSPS) is 16.5. The Labute approximate surface area is 172 Å². The summed E-state index contributed by atoms with van der Waals surface area (Å²) in [6.45, 7) is 2.07. The van der Waals surface area contributed by atoms with Gasteiger partial charge >= 0.3 is 0 Å². The van der Waals surface area contributed by atoms with Crippen LogP contribution in [0, 0.1) is 0 Å². The number of rotatable bonds is 7. The van der Waals surface area contributed by atoms with Crippen molar-refractivity contribution in [3.05, 3.63) is 47.5 Å². The predicted octanol–water partition coefficient (Wildman–Crippen LogP) is 4.46. The SMILES string of the molecule is COc1ccc(C2(CNCc3ccc4c(c3)OCO4)CCCC2)cc1OC.Cl. The van der Waals surface area contributed by atoms with E-state index in [1.807, 2.05) is 12.1 Å². The van der Waals surface area contributed by atoms with Crippen molar-refractivity contribution in [2.45, 2.75) is 37.6 Å². The third-order valence-corrected chi connectivity index (χ3v) is 5.79. The van der Waals surface area contributed by atoms with E-state index in [9.17, 15) is 0 Å². The molecule has 1 aliphatic heterocycles. The Morgan fingerprint density at radius 3 is 2.43 bits per heavy atom. The summed E-state index contributed by atoms with van der Waals surface area (Å²) in [5.74, 6) is 3.25. The molecule has 2 aromatic rings. The van der Waals surface area contributed by atoms with E-state index in [2.05, 4.69) is 29.6 Å². The fourth-order valence-corrected chi connectivity index (χ4v) is 4.28. The lowest BCUT2D eigenvalue weighted by atomic mass is 9.78. The van der Waals surface area contributed by atoms with Gasteiger partial charge in [0.15, 0.2) is 23.0 Å². The highest BCUT2D eigenvalue weighted by molar-refractivity contribution is 5.85. The molecule has 0 bridgehead atoms. The number of ether oxygens (including phenoxy) is 4. The van der Waals surface area contributed by atoms with E-state index < -0.39 is 0 Å². The van der Waals surface area contributed by atoms with E-state index in [0.29, 0.717) is 6.79 Å². The minimum absolute atomic E-state index is 0. The van der Waals surface area contributed by atoms with Crippen molar-refractivity contribution in [2.24, 2.45) is 0 Å². The average molecular weight is 406 g/mol. The number of benzene rings is 2. The van der Waals surface area contributed by atoms with Crippen molar-refractivity contribution < 1.29 is 18.9 Å². The first kappa shape index (κ1) is 20.6. The Balaban J connectivity index is 0.00000225. The van der Waals surface area contributed by atoms with E-state index in [1.54, 1.807) is 14.2 Å². The lowest BCUT2D eigenvalue weighted by Gasteiger charge is -2.31. The van der Waals surface area contributed by atoms with Crippen LogP contribution >= 0.6 is 12.4 Å². The van der Waals surface area contributed by atoms with Gasteiger partial charge in [0.1, 0.15) is 0 Å². The van der Waals surface area contributed by atoms with Gasteiger partial charge in [-0.15, -0.1) is 12.4 Å². The van der Waals surface area contributed by atoms with Gasteiger partial charge in [0.25, 0.3) is 0 Å². The molecule has 0 aromatic heterocycles. The lowest BCUT2D eigenvalue weighted by Crippen LogP contribution is -2.35. The van der Waals surface area contributed by atoms with Gasteiger partial charge in [-0.05, 0) is 48.2 Å². The van der Waals surface area contributed by atoms with E-state index >= 15 is 0 Å².